The van der Waals surface area contributed by atoms with Gasteiger partial charge in [0.25, 0.3) is 0 Å². The summed E-state index contributed by atoms with van der Waals surface area (Å²) in [5.41, 5.74) is 0. The van der Waals surface area contributed by atoms with Crippen LogP contribution in [-0.4, -0.2) is 22.8 Å². The molecule has 0 amide bonds. The van der Waals surface area contributed by atoms with Crippen molar-refractivity contribution in [3.05, 3.63) is 22.9 Å². The van der Waals surface area contributed by atoms with Crippen molar-refractivity contribution >= 4 is 15.9 Å². The molecule has 1 unspecified atom stereocenters. The zero-order chi connectivity index (χ0) is 9.68. The van der Waals surface area contributed by atoms with Crippen LogP contribution in [-0.2, 0) is 0 Å². The molecular weight excluding hydrogens is 234 g/mol. The van der Waals surface area contributed by atoms with Crippen molar-refractivity contribution in [1.82, 2.24) is 4.98 Å². The number of rotatable bonds is 4. The monoisotopic (exact) mass is 245 g/mol. The van der Waals surface area contributed by atoms with E-state index in [9.17, 15) is 0 Å². The van der Waals surface area contributed by atoms with Crippen molar-refractivity contribution in [3.8, 4) is 5.75 Å². The largest absolute Gasteiger partial charge is 0.488 e. The van der Waals surface area contributed by atoms with E-state index in [1.165, 1.54) is 0 Å². The lowest BCUT2D eigenvalue weighted by molar-refractivity contribution is 0.167. The van der Waals surface area contributed by atoms with E-state index in [1.54, 1.807) is 6.20 Å². The van der Waals surface area contributed by atoms with Crippen LogP contribution in [0, 0.1) is 0 Å². The molecule has 0 saturated heterocycles. The van der Waals surface area contributed by atoms with Crippen LogP contribution in [0.1, 0.15) is 13.3 Å². The normalized spacial score (nSPS) is 12.5. The van der Waals surface area contributed by atoms with Gasteiger partial charge in [-0.25, -0.2) is 4.98 Å². The second-order valence-electron chi connectivity index (χ2n) is 2.73. The molecule has 1 aromatic heterocycles. The Morgan fingerprint density at radius 1 is 1.69 bits per heavy atom. The average molecular weight is 246 g/mol. The zero-order valence-electron chi connectivity index (χ0n) is 7.40. The van der Waals surface area contributed by atoms with Crippen LogP contribution in [0.5, 0.6) is 5.75 Å². The zero-order valence-corrected chi connectivity index (χ0v) is 8.99. The summed E-state index contributed by atoms with van der Waals surface area (Å²) in [4.78, 5) is 4.02. The van der Waals surface area contributed by atoms with E-state index in [1.807, 2.05) is 19.1 Å². The van der Waals surface area contributed by atoms with Crippen LogP contribution >= 0.6 is 15.9 Å². The number of aliphatic hydroxyl groups excluding tert-OH is 1. The Bertz CT molecular complexity index is 268. The molecule has 0 radical (unpaired) electrons. The van der Waals surface area contributed by atoms with Crippen LogP contribution in [0.25, 0.3) is 0 Å². The number of nitrogens with zero attached hydrogens (tertiary/aromatic N) is 1. The van der Waals surface area contributed by atoms with Gasteiger partial charge in [-0.05, 0) is 35.0 Å². The molecule has 0 aliphatic carbocycles. The van der Waals surface area contributed by atoms with Gasteiger partial charge in [0.1, 0.15) is 4.60 Å². The maximum absolute atomic E-state index is 8.68. The average Bonchev–Trinajstić information content (AvgIpc) is 2.09. The molecule has 1 rings (SSSR count). The number of aliphatic hydroxyl groups is 1. The van der Waals surface area contributed by atoms with Gasteiger partial charge in [-0.3, -0.25) is 0 Å². The molecule has 0 spiro atoms. The molecule has 1 aromatic rings. The lowest BCUT2D eigenvalue weighted by Gasteiger charge is -2.13. The summed E-state index contributed by atoms with van der Waals surface area (Å²) in [5, 5.41) is 8.68. The Morgan fingerprint density at radius 2 is 2.46 bits per heavy atom. The topological polar surface area (TPSA) is 42.4 Å². The highest BCUT2D eigenvalue weighted by molar-refractivity contribution is 9.10. The molecule has 0 bridgehead atoms. The smallest absolute Gasteiger partial charge is 0.152 e. The minimum absolute atomic E-state index is 0.00509. The first-order valence-corrected chi connectivity index (χ1v) is 4.91. The van der Waals surface area contributed by atoms with Crippen molar-refractivity contribution in [2.24, 2.45) is 0 Å². The first-order chi connectivity index (χ1) is 6.24. The molecule has 72 valence electrons. The SMILES string of the molecule is CC(CCO)Oc1cccnc1Br. The molecule has 3 nitrogen and oxygen atoms in total. The van der Waals surface area contributed by atoms with Gasteiger partial charge < -0.3 is 9.84 Å². The van der Waals surface area contributed by atoms with E-state index in [0.717, 1.165) is 0 Å². The van der Waals surface area contributed by atoms with Gasteiger partial charge in [0.2, 0.25) is 0 Å². The van der Waals surface area contributed by atoms with Gasteiger partial charge in [-0.1, -0.05) is 0 Å². The predicted molar refractivity (Wildman–Crippen MR) is 53.7 cm³/mol. The summed E-state index contributed by atoms with van der Waals surface area (Å²) >= 11 is 3.28. The van der Waals surface area contributed by atoms with Crippen molar-refractivity contribution in [3.63, 3.8) is 0 Å². The Kier molecular flexibility index (Phi) is 4.18. The Hall–Kier alpha value is -0.610. The van der Waals surface area contributed by atoms with Gasteiger partial charge in [0.15, 0.2) is 5.75 Å². The number of hydrogen-bond donors (Lipinski definition) is 1. The highest BCUT2D eigenvalue weighted by Gasteiger charge is 2.06. The summed E-state index contributed by atoms with van der Waals surface area (Å²) in [6.45, 7) is 2.05. The highest BCUT2D eigenvalue weighted by Crippen LogP contribution is 2.22. The van der Waals surface area contributed by atoms with Gasteiger partial charge in [-0.2, -0.15) is 0 Å². The predicted octanol–water partition coefficient (Wildman–Crippen LogP) is 1.99. The van der Waals surface area contributed by atoms with E-state index >= 15 is 0 Å². The molecule has 1 atom stereocenters. The molecule has 0 aromatic carbocycles. The third kappa shape index (κ3) is 3.32. The first-order valence-electron chi connectivity index (χ1n) is 4.12. The number of pyridine rings is 1. The fourth-order valence-corrected chi connectivity index (χ4v) is 1.26. The Balaban J connectivity index is 2.58. The van der Waals surface area contributed by atoms with Gasteiger partial charge in [0.05, 0.1) is 6.10 Å². The Morgan fingerprint density at radius 3 is 3.08 bits per heavy atom. The van der Waals surface area contributed by atoms with Crippen LogP contribution in [0.2, 0.25) is 0 Å². The number of ether oxygens (including phenoxy) is 1. The van der Waals surface area contributed by atoms with Crippen LogP contribution < -0.4 is 4.74 Å². The molecule has 0 fully saturated rings. The van der Waals surface area contributed by atoms with E-state index in [4.69, 9.17) is 9.84 Å². The van der Waals surface area contributed by atoms with Crippen LogP contribution in [0.4, 0.5) is 0 Å². The maximum atomic E-state index is 8.68. The van der Waals surface area contributed by atoms with E-state index in [-0.39, 0.29) is 12.7 Å². The van der Waals surface area contributed by atoms with Crippen LogP contribution in [0.15, 0.2) is 22.9 Å². The molecule has 0 aliphatic heterocycles. The molecule has 0 aliphatic rings. The van der Waals surface area contributed by atoms with Gasteiger partial charge in [0, 0.05) is 19.2 Å². The highest BCUT2D eigenvalue weighted by atomic mass is 79.9. The molecule has 1 N–H and O–H groups in total. The minimum Gasteiger partial charge on any atom is -0.488 e. The van der Waals surface area contributed by atoms with E-state index < -0.39 is 0 Å². The fourth-order valence-electron chi connectivity index (χ4n) is 0.917. The molecule has 13 heavy (non-hydrogen) atoms. The third-order valence-electron chi connectivity index (χ3n) is 1.59. The number of aromatic nitrogens is 1. The fraction of sp³-hybridized carbons (Fsp3) is 0.444. The molecule has 4 heteroatoms. The summed E-state index contributed by atoms with van der Waals surface area (Å²) in [6, 6.07) is 3.65. The van der Waals surface area contributed by atoms with Crippen LogP contribution in [0.3, 0.4) is 0 Å². The van der Waals surface area contributed by atoms with Crippen molar-refractivity contribution in [2.75, 3.05) is 6.61 Å². The van der Waals surface area contributed by atoms with Crippen molar-refractivity contribution in [1.29, 1.82) is 0 Å². The maximum Gasteiger partial charge on any atom is 0.152 e. The number of hydrogen-bond acceptors (Lipinski definition) is 3. The first kappa shape index (κ1) is 10.5. The van der Waals surface area contributed by atoms with Crippen molar-refractivity contribution < 1.29 is 9.84 Å². The third-order valence-corrected chi connectivity index (χ3v) is 2.18. The quantitative estimate of drug-likeness (QED) is 0.826. The van der Waals surface area contributed by atoms with Gasteiger partial charge in [-0.15, -0.1) is 0 Å². The summed E-state index contributed by atoms with van der Waals surface area (Å²) < 4.78 is 6.21. The number of halogens is 1. The van der Waals surface area contributed by atoms with E-state index in [0.29, 0.717) is 16.8 Å². The lowest BCUT2D eigenvalue weighted by atomic mass is 10.3. The standard InChI is InChI=1S/C9H12BrNO2/c1-7(4-6-12)13-8-3-2-5-11-9(8)10/h2-3,5,7,12H,4,6H2,1H3. The van der Waals surface area contributed by atoms with Crippen molar-refractivity contribution in [2.45, 2.75) is 19.4 Å². The molecule has 0 saturated carbocycles. The van der Waals surface area contributed by atoms with Gasteiger partial charge >= 0.3 is 0 Å². The minimum atomic E-state index is 0.00509. The Labute approximate surface area is 85.9 Å². The molecular formula is C9H12BrNO2. The summed E-state index contributed by atoms with van der Waals surface area (Å²) in [7, 11) is 0. The molecule has 1 heterocycles. The summed E-state index contributed by atoms with van der Waals surface area (Å²) in [6.07, 6.45) is 2.32. The summed E-state index contributed by atoms with van der Waals surface area (Å²) in [5.74, 6) is 0.712. The lowest BCUT2D eigenvalue weighted by Crippen LogP contribution is -2.13. The second kappa shape index (κ2) is 5.19. The second-order valence-corrected chi connectivity index (χ2v) is 3.48. The van der Waals surface area contributed by atoms with E-state index in [2.05, 4.69) is 20.9 Å².